The number of ether oxygens (including phenoxy) is 2. The summed E-state index contributed by atoms with van der Waals surface area (Å²) in [6.45, 7) is 5.44. The van der Waals surface area contributed by atoms with Gasteiger partial charge >= 0.3 is 10.2 Å². The number of likely N-dealkylation sites (N-methyl/N-ethyl adjacent to an activating group) is 1. The zero-order valence-electron chi connectivity index (χ0n) is 19.0. The van der Waals surface area contributed by atoms with E-state index < -0.39 is 27.9 Å². The van der Waals surface area contributed by atoms with Gasteiger partial charge in [-0.15, -0.1) is 0 Å². The van der Waals surface area contributed by atoms with Crippen LogP contribution in [0.2, 0.25) is 0 Å². The van der Waals surface area contributed by atoms with E-state index in [-0.39, 0.29) is 17.6 Å². The topological polar surface area (TPSA) is 88.9 Å². The number of halogens is 2. The molecular formula is C22H29F2N5O4S. The fourth-order valence-corrected chi connectivity index (χ4v) is 6.30. The Kier molecular flexibility index (Phi) is 6.70. The third kappa shape index (κ3) is 4.50. The van der Waals surface area contributed by atoms with Crippen molar-refractivity contribution >= 4 is 10.2 Å². The number of nitrogens with zero attached hydrogens (tertiary/aromatic N) is 4. The minimum absolute atomic E-state index is 0.0374. The highest BCUT2D eigenvalue weighted by Crippen LogP contribution is 2.35. The minimum atomic E-state index is -3.70. The van der Waals surface area contributed by atoms with Gasteiger partial charge in [-0.2, -0.15) is 21.9 Å². The van der Waals surface area contributed by atoms with Crippen LogP contribution < -0.4 is 5.32 Å². The summed E-state index contributed by atoms with van der Waals surface area (Å²) < 4.78 is 67.7. The van der Waals surface area contributed by atoms with Gasteiger partial charge in [-0.25, -0.2) is 8.78 Å². The van der Waals surface area contributed by atoms with Crippen molar-refractivity contribution in [1.29, 1.82) is 0 Å². The molecule has 1 aromatic carbocycles. The number of hydrogen-bond acceptors (Lipinski definition) is 7. The number of nitrogens with one attached hydrogen (secondary N) is 1. The van der Waals surface area contributed by atoms with Gasteiger partial charge < -0.3 is 14.8 Å². The quantitative estimate of drug-likeness (QED) is 0.646. The number of hydrogen-bond donors (Lipinski definition) is 1. The molecule has 1 N–H and O–H groups in total. The molecule has 2 aromatic rings. The van der Waals surface area contributed by atoms with Gasteiger partial charge in [-0.1, -0.05) is 6.92 Å². The molecule has 0 spiro atoms. The van der Waals surface area contributed by atoms with E-state index in [4.69, 9.17) is 9.47 Å². The second-order valence-corrected chi connectivity index (χ2v) is 10.7. The zero-order valence-corrected chi connectivity index (χ0v) is 19.8. The molecule has 34 heavy (non-hydrogen) atoms. The van der Waals surface area contributed by atoms with Crippen LogP contribution in [-0.2, 0) is 32.8 Å². The summed E-state index contributed by atoms with van der Waals surface area (Å²) in [5, 5.41) is 7.74. The maximum Gasteiger partial charge on any atom is 0.323 e. The molecule has 9 nitrogen and oxygen atoms in total. The number of aromatic nitrogens is 2. The standard InChI is InChI=1S/C22H29F2N5O4S/c1-2-25-20-10-17(14-33-22(20)18-9-16(23)3-4-19(18)24)27-11-15-12-29(26-21(15)13-27)34(30,31)28-5-7-32-8-6-28/h3-4,9,12,17,20,22,25H,2,5-8,10-11,13-14H2,1H3/t17-,20+,22-/m1/s1. The molecule has 2 fully saturated rings. The van der Waals surface area contributed by atoms with Crippen molar-refractivity contribution in [3.8, 4) is 0 Å². The molecule has 0 bridgehead atoms. The van der Waals surface area contributed by atoms with E-state index in [1.54, 1.807) is 6.20 Å². The molecule has 3 aliphatic heterocycles. The molecule has 1 aromatic heterocycles. The molecule has 12 heteroatoms. The van der Waals surface area contributed by atoms with E-state index in [1.807, 2.05) is 6.92 Å². The zero-order chi connectivity index (χ0) is 23.9. The van der Waals surface area contributed by atoms with Gasteiger partial charge in [0.25, 0.3) is 0 Å². The van der Waals surface area contributed by atoms with E-state index in [9.17, 15) is 17.2 Å². The van der Waals surface area contributed by atoms with Crippen molar-refractivity contribution in [2.24, 2.45) is 0 Å². The van der Waals surface area contributed by atoms with Gasteiger partial charge in [0, 0.05) is 55.6 Å². The first kappa shape index (κ1) is 23.8. The lowest BCUT2D eigenvalue weighted by molar-refractivity contribution is -0.0614. The number of morpholine rings is 1. The number of fused-ring (bicyclic) bond motifs is 1. The van der Waals surface area contributed by atoms with E-state index in [0.29, 0.717) is 59.0 Å². The van der Waals surface area contributed by atoms with Crippen molar-refractivity contribution in [3.05, 3.63) is 52.9 Å². The molecule has 5 rings (SSSR count). The smallest absolute Gasteiger partial charge is 0.323 e. The summed E-state index contributed by atoms with van der Waals surface area (Å²) in [4.78, 5) is 2.20. The maximum absolute atomic E-state index is 14.4. The van der Waals surface area contributed by atoms with Gasteiger partial charge in [0.2, 0.25) is 0 Å². The monoisotopic (exact) mass is 497 g/mol. The van der Waals surface area contributed by atoms with Crippen LogP contribution in [0.4, 0.5) is 8.78 Å². The van der Waals surface area contributed by atoms with Crippen LogP contribution in [0.25, 0.3) is 0 Å². The Morgan fingerprint density at radius 2 is 2.00 bits per heavy atom. The lowest BCUT2D eigenvalue weighted by Crippen LogP contribution is -2.49. The predicted molar refractivity (Wildman–Crippen MR) is 119 cm³/mol. The van der Waals surface area contributed by atoms with Gasteiger partial charge in [-0.3, -0.25) is 4.90 Å². The summed E-state index contributed by atoms with van der Waals surface area (Å²) in [6, 6.07) is 3.29. The molecule has 0 aliphatic carbocycles. The van der Waals surface area contributed by atoms with Crippen molar-refractivity contribution in [1.82, 2.24) is 23.7 Å². The lowest BCUT2D eigenvalue weighted by Gasteiger charge is -2.40. The molecule has 0 unspecified atom stereocenters. The van der Waals surface area contributed by atoms with E-state index >= 15 is 0 Å². The van der Waals surface area contributed by atoms with Gasteiger partial charge in [-0.05, 0) is 31.2 Å². The molecule has 0 saturated carbocycles. The summed E-state index contributed by atoms with van der Waals surface area (Å²) >= 11 is 0. The van der Waals surface area contributed by atoms with Crippen molar-refractivity contribution in [2.75, 3.05) is 39.5 Å². The Bertz CT molecular complexity index is 1110. The molecule has 3 atom stereocenters. The Labute approximate surface area is 197 Å². The van der Waals surface area contributed by atoms with Gasteiger partial charge in [0.1, 0.15) is 17.7 Å². The second kappa shape index (κ2) is 9.59. The molecule has 3 aliphatic rings. The first-order valence-corrected chi connectivity index (χ1v) is 13.0. The average Bonchev–Trinajstić information content (AvgIpc) is 3.42. The highest BCUT2D eigenvalue weighted by Gasteiger charge is 2.39. The highest BCUT2D eigenvalue weighted by molar-refractivity contribution is 7.87. The largest absolute Gasteiger partial charge is 0.379 e. The fraction of sp³-hybridized carbons (Fsp3) is 0.591. The van der Waals surface area contributed by atoms with Crippen LogP contribution >= 0.6 is 0 Å². The summed E-state index contributed by atoms with van der Waals surface area (Å²) in [5.41, 5.74) is 1.82. The lowest BCUT2D eigenvalue weighted by atomic mass is 9.92. The van der Waals surface area contributed by atoms with Crippen LogP contribution in [0.3, 0.4) is 0 Å². The Balaban J connectivity index is 1.27. The minimum Gasteiger partial charge on any atom is -0.379 e. The number of rotatable bonds is 6. The third-order valence-electron chi connectivity index (χ3n) is 6.72. The van der Waals surface area contributed by atoms with E-state index in [0.717, 1.165) is 27.5 Å². The predicted octanol–water partition coefficient (Wildman–Crippen LogP) is 1.41. The van der Waals surface area contributed by atoms with Crippen molar-refractivity contribution < 1.29 is 26.7 Å². The average molecular weight is 498 g/mol. The molecule has 186 valence electrons. The summed E-state index contributed by atoms with van der Waals surface area (Å²) in [6.07, 6.45) is 1.70. The van der Waals surface area contributed by atoms with Crippen LogP contribution in [0.1, 0.15) is 36.3 Å². The van der Waals surface area contributed by atoms with Crippen molar-refractivity contribution in [3.63, 3.8) is 0 Å². The van der Waals surface area contributed by atoms with Crippen molar-refractivity contribution in [2.45, 2.75) is 44.6 Å². The second-order valence-electron chi connectivity index (χ2n) is 8.87. The van der Waals surface area contributed by atoms with Gasteiger partial charge in [0.05, 0.1) is 25.5 Å². The SMILES string of the molecule is CCN[C@H]1C[C@@H](N2Cc3cn(S(=O)(=O)N4CCOCC4)nc3C2)CO[C@@H]1c1cc(F)ccc1F. The molecule has 2 saturated heterocycles. The van der Waals surface area contributed by atoms with Crippen LogP contribution in [0.5, 0.6) is 0 Å². The summed E-state index contributed by atoms with van der Waals surface area (Å²) in [7, 11) is -3.70. The Morgan fingerprint density at radius 3 is 2.74 bits per heavy atom. The number of benzene rings is 1. The molecular weight excluding hydrogens is 468 g/mol. The van der Waals surface area contributed by atoms with Crippen LogP contribution in [0, 0.1) is 11.6 Å². The molecule has 0 amide bonds. The van der Waals surface area contributed by atoms with Gasteiger partial charge in [0.15, 0.2) is 0 Å². The Morgan fingerprint density at radius 1 is 1.21 bits per heavy atom. The molecule has 4 heterocycles. The van der Waals surface area contributed by atoms with Crippen LogP contribution in [0.15, 0.2) is 24.4 Å². The summed E-state index contributed by atoms with van der Waals surface area (Å²) in [5.74, 6) is -0.976. The molecule has 0 radical (unpaired) electrons. The first-order chi connectivity index (χ1) is 16.4. The normalized spacial score (nSPS) is 26.6. The van der Waals surface area contributed by atoms with Crippen LogP contribution in [-0.4, -0.2) is 78.3 Å². The third-order valence-corrected chi connectivity index (χ3v) is 8.40. The fourth-order valence-electron chi connectivity index (χ4n) is 4.99. The Hall–Kier alpha value is -1.96. The highest BCUT2D eigenvalue weighted by atomic mass is 32.2. The van der Waals surface area contributed by atoms with E-state index in [2.05, 4.69) is 15.3 Å². The maximum atomic E-state index is 14.4. The first-order valence-electron chi connectivity index (χ1n) is 11.6. The van der Waals surface area contributed by atoms with E-state index in [1.165, 1.54) is 10.4 Å².